The second-order valence-electron chi connectivity index (χ2n) is 5.65. The molecule has 1 heterocycles. The van der Waals surface area contributed by atoms with Crippen LogP contribution in [0.5, 0.6) is 0 Å². The molecule has 1 saturated carbocycles. The topological polar surface area (TPSA) is 12.5 Å². The Morgan fingerprint density at radius 2 is 1.87 bits per heavy atom. The fourth-order valence-electron chi connectivity index (χ4n) is 3.14. The Morgan fingerprint density at radius 1 is 1.27 bits per heavy atom. The van der Waals surface area contributed by atoms with Gasteiger partial charge in [-0.3, -0.25) is 0 Å². The van der Waals surface area contributed by atoms with Crippen molar-refractivity contribution in [3.8, 4) is 0 Å². The highest BCUT2D eigenvalue weighted by molar-refractivity contribution is 4.97. The van der Waals surface area contributed by atoms with Crippen molar-refractivity contribution >= 4 is 0 Å². The Bertz CT molecular complexity index is 199. The summed E-state index contributed by atoms with van der Waals surface area (Å²) in [4.78, 5) is 2.57. The Hall–Kier alpha value is -0.0800. The molecule has 0 radical (unpaired) electrons. The molecule has 15 heavy (non-hydrogen) atoms. The van der Waals surface area contributed by atoms with E-state index in [1.807, 2.05) is 0 Å². The lowest BCUT2D eigenvalue weighted by Gasteiger charge is -2.52. The molecule has 1 saturated heterocycles. The van der Waals surface area contributed by atoms with E-state index >= 15 is 0 Å². The van der Waals surface area contributed by atoms with Crippen molar-refractivity contribution in [1.82, 2.24) is 4.90 Å². The van der Waals surface area contributed by atoms with E-state index in [1.165, 1.54) is 45.3 Å². The summed E-state index contributed by atoms with van der Waals surface area (Å²) in [6.07, 6.45) is 6.42. The third kappa shape index (κ3) is 2.54. The van der Waals surface area contributed by atoms with Crippen LogP contribution >= 0.6 is 0 Å². The van der Waals surface area contributed by atoms with Crippen LogP contribution < -0.4 is 0 Å². The molecule has 0 atom stereocenters. The van der Waals surface area contributed by atoms with E-state index in [0.29, 0.717) is 17.6 Å². The highest BCUT2D eigenvalue weighted by atomic mass is 16.5. The molecule has 1 aliphatic heterocycles. The Labute approximate surface area is 94.0 Å². The van der Waals surface area contributed by atoms with Gasteiger partial charge in [0.2, 0.25) is 0 Å². The molecule has 0 amide bonds. The van der Waals surface area contributed by atoms with Crippen LogP contribution in [-0.2, 0) is 4.74 Å². The van der Waals surface area contributed by atoms with E-state index in [9.17, 15) is 0 Å². The number of likely N-dealkylation sites (tertiary alicyclic amines) is 1. The van der Waals surface area contributed by atoms with Gasteiger partial charge in [-0.15, -0.1) is 0 Å². The van der Waals surface area contributed by atoms with Gasteiger partial charge < -0.3 is 9.64 Å². The van der Waals surface area contributed by atoms with Crippen LogP contribution in [0.3, 0.4) is 0 Å². The predicted molar refractivity (Wildman–Crippen MR) is 63.0 cm³/mol. The molecule has 0 aromatic rings. The lowest BCUT2D eigenvalue weighted by Crippen LogP contribution is -2.50. The molecule has 2 heteroatoms. The third-order valence-corrected chi connectivity index (χ3v) is 4.15. The molecular weight excluding hydrogens is 186 g/mol. The van der Waals surface area contributed by atoms with Gasteiger partial charge in [-0.25, -0.2) is 0 Å². The summed E-state index contributed by atoms with van der Waals surface area (Å²) < 4.78 is 5.85. The van der Waals surface area contributed by atoms with E-state index in [2.05, 4.69) is 25.7 Å². The number of rotatable bonds is 3. The van der Waals surface area contributed by atoms with Gasteiger partial charge in [0.05, 0.1) is 12.2 Å². The number of hydrogen-bond donors (Lipinski definition) is 0. The monoisotopic (exact) mass is 211 g/mol. The average molecular weight is 211 g/mol. The van der Waals surface area contributed by atoms with E-state index in [-0.39, 0.29) is 0 Å². The molecule has 2 nitrogen and oxygen atoms in total. The van der Waals surface area contributed by atoms with Gasteiger partial charge in [0.25, 0.3) is 0 Å². The number of nitrogens with zero attached hydrogens (tertiary/aromatic N) is 1. The Balaban J connectivity index is 1.73. The van der Waals surface area contributed by atoms with Gasteiger partial charge in [-0.2, -0.15) is 0 Å². The van der Waals surface area contributed by atoms with E-state index in [1.54, 1.807) is 0 Å². The molecule has 0 aromatic carbocycles. The highest BCUT2D eigenvalue weighted by Crippen LogP contribution is 2.50. The van der Waals surface area contributed by atoms with Crippen molar-refractivity contribution in [3.63, 3.8) is 0 Å². The summed E-state index contributed by atoms with van der Waals surface area (Å²) >= 11 is 0. The van der Waals surface area contributed by atoms with Gasteiger partial charge >= 0.3 is 0 Å². The first-order chi connectivity index (χ1) is 7.13. The predicted octanol–water partition coefficient (Wildman–Crippen LogP) is 2.68. The van der Waals surface area contributed by atoms with Gasteiger partial charge in [-0.05, 0) is 64.6 Å². The standard InChI is InChI=1S/C13H25NO/c1-4-14-7-5-13(6-8-14)9-12(10-13)15-11(2)3/h11-12H,4-10H2,1-3H3. The van der Waals surface area contributed by atoms with Crippen molar-refractivity contribution in [2.75, 3.05) is 19.6 Å². The van der Waals surface area contributed by atoms with Gasteiger partial charge in [0, 0.05) is 0 Å². The molecular formula is C13H25NO. The maximum Gasteiger partial charge on any atom is 0.0589 e. The normalized spacial score (nSPS) is 27.2. The van der Waals surface area contributed by atoms with Crippen LogP contribution in [0.15, 0.2) is 0 Å². The molecule has 0 bridgehead atoms. The second-order valence-corrected chi connectivity index (χ2v) is 5.65. The minimum Gasteiger partial charge on any atom is -0.376 e. The van der Waals surface area contributed by atoms with E-state index in [0.717, 1.165) is 0 Å². The number of hydrogen-bond acceptors (Lipinski definition) is 2. The molecule has 2 fully saturated rings. The van der Waals surface area contributed by atoms with E-state index < -0.39 is 0 Å². The minimum absolute atomic E-state index is 0.406. The van der Waals surface area contributed by atoms with Crippen molar-refractivity contribution in [1.29, 1.82) is 0 Å². The SMILES string of the molecule is CCN1CCC2(CC1)CC(OC(C)C)C2. The average Bonchev–Trinajstić information content (AvgIpc) is 2.16. The Morgan fingerprint density at radius 3 is 2.33 bits per heavy atom. The zero-order valence-corrected chi connectivity index (χ0v) is 10.5. The lowest BCUT2D eigenvalue weighted by atomic mass is 9.61. The van der Waals surface area contributed by atoms with Crippen LogP contribution in [0.4, 0.5) is 0 Å². The molecule has 1 aliphatic carbocycles. The van der Waals surface area contributed by atoms with Gasteiger partial charge in [0.15, 0.2) is 0 Å². The molecule has 0 aromatic heterocycles. The first kappa shape index (κ1) is 11.4. The molecule has 88 valence electrons. The summed E-state index contributed by atoms with van der Waals surface area (Å²) in [5.74, 6) is 0. The largest absolute Gasteiger partial charge is 0.376 e. The summed E-state index contributed by atoms with van der Waals surface area (Å²) in [5, 5.41) is 0. The summed E-state index contributed by atoms with van der Waals surface area (Å²) in [6.45, 7) is 10.4. The maximum atomic E-state index is 5.85. The molecule has 2 aliphatic rings. The van der Waals surface area contributed by atoms with Crippen LogP contribution in [0.1, 0.15) is 46.5 Å². The van der Waals surface area contributed by atoms with Gasteiger partial charge in [0.1, 0.15) is 0 Å². The summed E-state index contributed by atoms with van der Waals surface area (Å²) in [7, 11) is 0. The van der Waals surface area contributed by atoms with Crippen molar-refractivity contribution in [2.45, 2.75) is 58.7 Å². The first-order valence-electron chi connectivity index (χ1n) is 6.51. The maximum absolute atomic E-state index is 5.85. The Kier molecular flexibility index (Phi) is 3.36. The minimum atomic E-state index is 0.406. The van der Waals surface area contributed by atoms with Crippen LogP contribution in [0.25, 0.3) is 0 Å². The van der Waals surface area contributed by atoms with Crippen LogP contribution in [0, 0.1) is 5.41 Å². The second kappa shape index (κ2) is 4.42. The zero-order chi connectivity index (χ0) is 10.9. The quantitative estimate of drug-likeness (QED) is 0.711. The van der Waals surface area contributed by atoms with Crippen molar-refractivity contribution < 1.29 is 4.74 Å². The van der Waals surface area contributed by atoms with Crippen molar-refractivity contribution in [3.05, 3.63) is 0 Å². The smallest absolute Gasteiger partial charge is 0.0589 e. The molecule has 2 rings (SSSR count). The molecule has 0 N–H and O–H groups in total. The molecule has 1 spiro atoms. The van der Waals surface area contributed by atoms with Gasteiger partial charge in [-0.1, -0.05) is 6.92 Å². The molecule has 0 unspecified atom stereocenters. The summed E-state index contributed by atoms with van der Waals surface area (Å²) in [5.41, 5.74) is 0.672. The number of piperidine rings is 1. The van der Waals surface area contributed by atoms with Crippen LogP contribution in [0.2, 0.25) is 0 Å². The number of ether oxygens (including phenoxy) is 1. The van der Waals surface area contributed by atoms with Crippen LogP contribution in [-0.4, -0.2) is 36.7 Å². The lowest BCUT2D eigenvalue weighted by molar-refractivity contribution is -0.123. The fourth-order valence-corrected chi connectivity index (χ4v) is 3.14. The third-order valence-electron chi connectivity index (χ3n) is 4.15. The summed E-state index contributed by atoms with van der Waals surface area (Å²) in [6, 6.07) is 0. The van der Waals surface area contributed by atoms with E-state index in [4.69, 9.17) is 4.74 Å². The fraction of sp³-hybridized carbons (Fsp3) is 1.00. The highest BCUT2D eigenvalue weighted by Gasteiger charge is 2.46. The first-order valence-corrected chi connectivity index (χ1v) is 6.51. The van der Waals surface area contributed by atoms with Crippen molar-refractivity contribution in [2.24, 2.45) is 5.41 Å². The zero-order valence-electron chi connectivity index (χ0n) is 10.5.